The summed E-state index contributed by atoms with van der Waals surface area (Å²) in [7, 11) is 0. The Morgan fingerprint density at radius 2 is 1.91 bits per heavy atom. The number of aryl methyl sites for hydroxylation is 2. The lowest BCUT2D eigenvalue weighted by Crippen LogP contribution is -2.38. The molecule has 7 heteroatoms. The highest BCUT2D eigenvalue weighted by Gasteiger charge is 2.26. The number of hydrogen-bond donors (Lipinski definition) is 2. The number of phenols is 1. The predicted octanol–water partition coefficient (Wildman–Crippen LogP) is 4.33. The molecule has 0 radical (unpaired) electrons. The zero-order chi connectivity index (χ0) is 23.1. The van der Waals surface area contributed by atoms with E-state index in [0.29, 0.717) is 42.1 Å². The number of imidazole rings is 1. The monoisotopic (exact) mass is 445 g/mol. The van der Waals surface area contributed by atoms with Crippen molar-refractivity contribution in [3.63, 3.8) is 0 Å². The van der Waals surface area contributed by atoms with Crippen LogP contribution >= 0.6 is 0 Å². The Hall–Kier alpha value is -3.61. The lowest BCUT2D eigenvalue weighted by atomic mass is 9.95. The number of aromatic nitrogens is 2. The molecule has 5 rings (SSSR count). The molecule has 1 fully saturated rings. The van der Waals surface area contributed by atoms with Crippen LogP contribution < -0.4 is 5.63 Å². The number of phenolic OH excluding ortho intramolecular Hbond substituents is 1. The van der Waals surface area contributed by atoms with E-state index < -0.39 is 5.63 Å². The van der Waals surface area contributed by atoms with Crippen molar-refractivity contribution in [1.29, 1.82) is 0 Å². The average molecular weight is 446 g/mol. The maximum atomic E-state index is 12.9. The van der Waals surface area contributed by atoms with Crippen LogP contribution in [0.5, 0.6) is 5.75 Å². The zero-order valence-corrected chi connectivity index (χ0v) is 18.9. The van der Waals surface area contributed by atoms with E-state index in [1.54, 1.807) is 19.1 Å². The summed E-state index contributed by atoms with van der Waals surface area (Å²) in [5.74, 6) is 1.46. The van der Waals surface area contributed by atoms with E-state index in [4.69, 9.17) is 9.40 Å². The van der Waals surface area contributed by atoms with Gasteiger partial charge in [-0.2, -0.15) is 0 Å². The fraction of sp³-hybridized carbons (Fsp3) is 0.346. The molecule has 2 N–H and O–H groups in total. The van der Waals surface area contributed by atoms with E-state index in [1.165, 1.54) is 0 Å². The molecular formula is C26H27N3O4. The Kier molecular flexibility index (Phi) is 5.40. The van der Waals surface area contributed by atoms with Crippen molar-refractivity contribution in [2.45, 2.75) is 45.4 Å². The zero-order valence-electron chi connectivity index (χ0n) is 18.9. The van der Waals surface area contributed by atoms with Crippen molar-refractivity contribution in [1.82, 2.24) is 14.9 Å². The quantitative estimate of drug-likeness (QED) is 0.456. The van der Waals surface area contributed by atoms with Gasteiger partial charge in [0, 0.05) is 41.9 Å². The third-order valence-electron chi connectivity index (χ3n) is 6.91. The summed E-state index contributed by atoms with van der Waals surface area (Å²) in [4.78, 5) is 35.5. The molecule has 0 bridgehead atoms. The van der Waals surface area contributed by atoms with Crippen LogP contribution in [0.4, 0.5) is 0 Å². The first-order valence-electron chi connectivity index (χ1n) is 11.4. The Balaban J connectivity index is 1.24. The summed E-state index contributed by atoms with van der Waals surface area (Å²) in [5, 5.41) is 10.7. The molecule has 0 saturated carbocycles. The number of aromatic amines is 1. The maximum Gasteiger partial charge on any atom is 0.339 e. The molecule has 0 aliphatic carbocycles. The van der Waals surface area contributed by atoms with E-state index in [-0.39, 0.29) is 18.1 Å². The number of hydrogen-bond acceptors (Lipinski definition) is 5. The molecule has 2 aromatic carbocycles. The average Bonchev–Trinajstić information content (AvgIpc) is 3.26. The minimum atomic E-state index is -0.440. The summed E-state index contributed by atoms with van der Waals surface area (Å²) < 4.78 is 5.50. The molecular weight excluding hydrogens is 418 g/mol. The summed E-state index contributed by atoms with van der Waals surface area (Å²) in [6.45, 7) is 4.96. The van der Waals surface area contributed by atoms with Gasteiger partial charge in [0.25, 0.3) is 0 Å². The number of fused-ring (bicyclic) bond motifs is 2. The molecule has 3 heterocycles. The molecule has 0 atom stereocenters. The van der Waals surface area contributed by atoms with E-state index in [0.717, 1.165) is 40.6 Å². The van der Waals surface area contributed by atoms with Crippen molar-refractivity contribution in [2.75, 3.05) is 13.1 Å². The van der Waals surface area contributed by atoms with Crippen LogP contribution in [0, 0.1) is 13.8 Å². The van der Waals surface area contributed by atoms with Crippen LogP contribution in [-0.2, 0) is 11.2 Å². The SMILES string of the molecule is Cc1c(CCC(=O)N2CCC(c3nc4ccccc4[nH]3)CC2)c(=O)oc2c(C)c(O)ccc12. The summed E-state index contributed by atoms with van der Waals surface area (Å²) >= 11 is 0. The standard InChI is InChI=1S/C26H27N3O4/c1-15-18-7-9-22(30)16(2)24(18)33-26(32)19(15)8-10-23(31)29-13-11-17(12-14-29)25-27-20-5-3-4-6-21(20)28-25/h3-7,9,17,30H,8,10-14H2,1-2H3,(H,27,28). The topological polar surface area (TPSA) is 99.4 Å². The van der Waals surface area contributed by atoms with Gasteiger partial charge in [0.2, 0.25) is 5.91 Å². The number of H-pyrrole nitrogens is 1. The minimum Gasteiger partial charge on any atom is -0.508 e. The summed E-state index contributed by atoms with van der Waals surface area (Å²) in [6.07, 6.45) is 2.34. The predicted molar refractivity (Wildman–Crippen MR) is 127 cm³/mol. The Bertz CT molecular complexity index is 1380. The Morgan fingerprint density at radius 3 is 2.67 bits per heavy atom. The van der Waals surface area contributed by atoms with Gasteiger partial charge in [0.15, 0.2) is 0 Å². The number of para-hydroxylation sites is 2. The molecule has 4 aromatic rings. The minimum absolute atomic E-state index is 0.0545. The molecule has 7 nitrogen and oxygen atoms in total. The Morgan fingerprint density at radius 1 is 1.15 bits per heavy atom. The van der Waals surface area contributed by atoms with E-state index in [2.05, 4.69) is 4.98 Å². The first-order chi connectivity index (χ1) is 15.9. The van der Waals surface area contributed by atoms with Gasteiger partial charge < -0.3 is 19.4 Å². The summed E-state index contributed by atoms with van der Waals surface area (Å²) in [6, 6.07) is 11.4. The van der Waals surface area contributed by atoms with Gasteiger partial charge in [0.05, 0.1) is 11.0 Å². The van der Waals surface area contributed by atoms with E-state index >= 15 is 0 Å². The van der Waals surface area contributed by atoms with Gasteiger partial charge in [-0.3, -0.25) is 4.79 Å². The first-order valence-corrected chi connectivity index (χ1v) is 11.4. The van der Waals surface area contributed by atoms with Gasteiger partial charge in [-0.15, -0.1) is 0 Å². The second-order valence-electron chi connectivity index (χ2n) is 8.87. The summed E-state index contributed by atoms with van der Waals surface area (Å²) in [5.41, 5.74) is 3.86. The number of nitrogens with one attached hydrogen (secondary N) is 1. The van der Waals surface area contributed by atoms with Crippen LogP contribution in [0.2, 0.25) is 0 Å². The smallest absolute Gasteiger partial charge is 0.339 e. The number of likely N-dealkylation sites (tertiary alicyclic amines) is 1. The van der Waals surface area contributed by atoms with Crippen LogP contribution in [0.1, 0.15) is 47.7 Å². The number of benzene rings is 2. The largest absolute Gasteiger partial charge is 0.508 e. The number of amides is 1. The highest BCUT2D eigenvalue weighted by molar-refractivity contribution is 5.85. The van der Waals surface area contributed by atoms with Crippen molar-refractivity contribution in [3.05, 3.63) is 69.3 Å². The molecule has 170 valence electrons. The number of carbonyl (C=O) groups is 1. The second kappa shape index (κ2) is 8.39. The molecule has 0 unspecified atom stereocenters. The molecule has 33 heavy (non-hydrogen) atoms. The maximum absolute atomic E-state index is 12.9. The number of nitrogens with zero attached hydrogens (tertiary/aromatic N) is 2. The second-order valence-corrected chi connectivity index (χ2v) is 8.87. The lowest BCUT2D eigenvalue weighted by molar-refractivity contribution is -0.132. The van der Waals surface area contributed by atoms with Crippen molar-refractivity contribution >= 4 is 27.9 Å². The Labute approximate surface area is 191 Å². The van der Waals surface area contributed by atoms with Crippen LogP contribution in [0.3, 0.4) is 0 Å². The lowest BCUT2D eigenvalue weighted by Gasteiger charge is -2.31. The molecule has 2 aromatic heterocycles. The number of piperidine rings is 1. The highest BCUT2D eigenvalue weighted by atomic mass is 16.4. The van der Waals surface area contributed by atoms with Gasteiger partial charge in [0.1, 0.15) is 17.2 Å². The van der Waals surface area contributed by atoms with E-state index in [9.17, 15) is 14.7 Å². The molecule has 1 saturated heterocycles. The highest BCUT2D eigenvalue weighted by Crippen LogP contribution is 2.30. The number of rotatable bonds is 4. The van der Waals surface area contributed by atoms with Crippen molar-refractivity contribution in [3.8, 4) is 5.75 Å². The van der Waals surface area contributed by atoms with Crippen LogP contribution in [0.25, 0.3) is 22.0 Å². The van der Waals surface area contributed by atoms with E-state index in [1.807, 2.05) is 36.1 Å². The van der Waals surface area contributed by atoms with Crippen molar-refractivity contribution in [2.24, 2.45) is 0 Å². The molecule has 1 amide bonds. The van der Waals surface area contributed by atoms with Crippen molar-refractivity contribution < 1.29 is 14.3 Å². The van der Waals surface area contributed by atoms with Gasteiger partial charge in [-0.25, -0.2) is 9.78 Å². The number of aromatic hydroxyl groups is 1. The third-order valence-corrected chi connectivity index (χ3v) is 6.91. The van der Waals surface area contributed by atoms with Gasteiger partial charge in [-0.05, 0) is 62.9 Å². The van der Waals surface area contributed by atoms with Gasteiger partial charge in [-0.1, -0.05) is 12.1 Å². The normalized spacial score (nSPS) is 14.9. The molecule has 1 aliphatic heterocycles. The van der Waals surface area contributed by atoms with Crippen LogP contribution in [-0.4, -0.2) is 39.0 Å². The number of carbonyl (C=O) groups excluding carboxylic acids is 1. The fourth-order valence-electron chi connectivity index (χ4n) is 4.83. The van der Waals surface area contributed by atoms with Gasteiger partial charge >= 0.3 is 5.63 Å². The fourth-order valence-corrected chi connectivity index (χ4v) is 4.83. The molecule has 0 spiro atoms. The van der Waals surface area contributed by atoms with Crippen LogP contribution in [0.15, 0.2) is 45.6 Å². The first kappa shape index (κ1) is 21.2. The molecule has 1 aliphatic rings. The third kappa shape index (κ3) is 3.88.